The van der Waals surface area contributed by atoms with E-state index in [4.69, 9.17) is 26.8 Å². The van der Waals surface area contributed by atoms with Crippen LogP contribution in [0.3, 0.4) is 0 Å². The Morgan fingerprint density at radius 2 is 2.42 bits per heavy atom. The summed E-state index contributed by atoms with van der Waals surface area (Å²) in [5.41, 5.74) is 6.37. The first-order valence-electron chi connectivity index (χ1n) is 6.08. The van der Waals surface area contributed by atoms with E-state index in [2.05, 4.69) is 4.90 Å². The molecule has 0 aromatic heterocycles. The Morgan fingerprint density at radius 3 is 3.16 bits per heavy atom. The summed E-state index contributed by atoms with van der Waals surface area (Å²) in [4.78, 5) is 14.0. The fraction of sp³-hybridized carbons (Fsp3) is 0.462. The molecule has 2 N–H and O–H groups in total. The summed E-state index contributed by atoms with van der Waals surface area (Å²) in [7, 11) is 2.01. The van der Waals surface area contributed by atoms with Gasteiger partial charge in [0.2, 0.25) is 0 Å². The van der Waals surface area contributed by atoms with Gasteiger partial charge in [0.05, 0.1) is 12.2 Å². The van der Waals surface area contributed by atoms with Crippen LogP contribution in [0.2, 0.25) is 5.02 Å². The van der Waals surface area contributed by atoms with E-state index in [1.54, 1.807) is 12.1 Å². The van der Waals surface area contributed by atoms with E-state index in [0.29, 0.717) is 17.3 Å². The molecule has 19 heavy (non-hydrogen) atoms. The van der Waals surface area contributed by atoms with Gasteiger partial charge in [-0.2, -0.15) is 0 Å². The molecule has 1 aromatic carbocycles. The first-order chi connectivity index (χ1) is 9.06. The smallest absolute Gasteiger partial charge is 0.340 e. The minimum Gasteiger partial charge on any atom is -0.459 e. The zero-order chi connectivity index (χ0) is 13.8. The van der Waals surface area contributed by atoms with E-state index in [1.807, 2.05) is 7.05 Å². The van der Waals surface area contributed by atoms with E-state index >= 15 is 0 Å². The number of carbonyl (C=O) groups excluding carboxylic acids is 1. The van der Waals surface area contributed by atoms with E-state index in [1.165, 1.54) is 6.07 Å². The van der Waals surface area contributed by atoms with Crippen LogP contribution in [0.4, 0.5) is 5.69 Å². The average molecular weight is 285 g/mol. The minimum absolute atomic E-state index is 0.0943. The normalized spacial score (nSPS) is 20.2. The third-order valence-electron chi connectivity index (χ3n) is 2.98. The van der Waals surface area contributed by atoms with Crippen molar-refractivity contribution in [3.8, 4) is 0 Å². The number of rotatable bonds is 3. The molecular weight excluding hydrogens is 268 g/mol. The number of ether oxygens (including phenoxy) is 2. The molecule has 0 spiro atoms. The van der Waals surface area contributed by atoms with Crippen LogP contribution in [0.25, 0.3) is 0 Å². The van der Waals surface area contributed by atoms with E-state index in [9.17, 15) is 4.79 Å². The van der Waals surface area contributed by atoms with E-state index in [-0.39, 0.29) is 18.3 Å². The number of esters is 1. The van der Waals surface area contributed by atoms with Crippen molar-refractivity contribution in [1.82, 2.24) is 4.90 Å². The second-order valence-corrected chi connectivity index (χ2v) is 5.02. The molecule has 6 heteroatoms. The van der Waals surface area contributed by atoms with E-state index < -0.39 is 5.97 Å². The molecule has 0 aliphatic carbocycles. The van der Waals surface area contributed by atoms with Crippen molar-refractivity contribution in [1.29, 1.82) is 0 Å². The number of anilines is 1. The SMILES string of the molecule is CN1CCOC(COC(=O)c2cc(Cl)ccc2N)C1. The summed E-state index contributed by atoms with van der Waals surface area (Å²) in [6.07, 6.45) is -0.0943. The van der Waals surface area contributed by atoms with Crippen LogP contribution in [0.1, 0.15) is 10.4 Å². The molecule has 1 aliphatic heterocycles. The third kappa shape index (κ3) is 3.83. The average Bonchev–Trinajstić information content (AvgIpc) is 2.39. The van der Waals surface area contributed by atoms with Gasteiger partial charge in [-0.1, -0.05) is 11.6 Å². The quantitative estimate of drug-likeness (QED) is 0.672. The minimum atomic E-state index is -0.475. The van der Waals surface area contributed by atoms with Gasteiger partial charge in [-0.3, -0.25) is 0 Å². The summed E-state index contributed by atoms with van der Waals surface area (Å²) in [5, 5.41) is 0.454. The molecule has 0 amide bonds. The van der Waals surface area contributed by atoms with Crippen LogP contribution in [-0.2, 0) is 9.47 Å². The Balaban J connectivity index is 1.92. The molecule has 5 nitrogen and oxygen atoms in total. The predicted molar refractivity (Wildman–Crippen MR) is 73.4 cm³/mol. The first-order valence-corrected chi connectivity index (χ1v) is 6.46. The maximum atomic E-state index is 11.9. The summed E-state index contributed by atoms with van der Waals surface area (Å²) in [6.45, 7) is 2.51. The predicted octanol–water partition coefficient (Wildman–Crippen LogP) is 1.41. The van der Waals surface area contributed by atoms with Gasteiger partial charge < -0.3 is 20.1 Å². The number of hydrogen-bond donors (Lipinski definition) is 1. The van der Waals surface area contributed by atoms with Crippen molar-refractivity contribution < 1.29 is 14.3 Å². The summed E-state index contributed by atoms with van der Waals surface area (Å²) >= 11 is 5.83. The molecule has 1 heterocycles. The number of benzene rings is 1. The number of morpholine rings is 1. The van der Waals surface area contributed by atoms with Crippen molar-refractivity contribution in [2.45, 2.75) is 6.10 Å². The van der Waals surface area contributed by atoms with Crippen molar-refractivity contribution >= 4 is 23.3 Å². The van der Waals surface area contributed by atoms with Crippen LogP contribution >= 0.6 is 11.6 Å². The van der Waals surface area contributed by atoms with Crippen LogP contribution in [0, 0.1) is 0 Å². The standard InChI is InChI=1S/C13H17ClN2O3/c1-16-4-5-18-10(7-16)8-19-13(17)11-6-9(14)2-3-12(11)15/h2-3,6,10H,4-5,7-8,15H2,1H3. The highest BCUT2D eigenvalue weighted by molar-refractivity contribution is 6.31. The molecule has 0 radical (unpaired) electrons. The first kappa shape index (κ1) is 14.1. The van der Waals surface area contributed by atoms with Crippen molar-refractivity contribution in [2.75, 3.05) is 39.1 Å². The zero-order valence-corrected chi connectivity index (χ0v) is 11.5. The molecule has 1 atom stereocenters. The molecule has 1 saturated heterocycles. The largest absolute Gasteiger partial charge is 0.459 e. The van der Waals surface area contributed by atoms with Gasteiger partial charge in [-0.25, -0.2) is 4.79 Å². The second-order valence-electron chi connectivity index (χ2n) is 4.59. The molecule has 0 bridgehead atoms. The number of nitrogens with zero attached hydrogens (tertiary/aromatic N) is 1. The van der Waals surface area contributed by atoms with Gasteiger partial charge in [0, 0.05) is 23.8 Å². The monoisotopic (exact) mass is 284 g/mol. The topological polar surface area (TPSA) is 64.8 Å². The third-order valence-corrected chi connectivity index (χ3v) is 3.21. The fourth-order valence-electron chi connectivity index (χ4n) is 1.92. The lowest BCUT2D eigenvalue weighted by Crippen LogP contribution is -2.42. The van der Waals surface area contributed by atoms with Gasteiger partial charge in [0.15, 0.2) is 0 Å². The molecule has 2 rings (SSSR count). The van der Waals surface area contributed by atoms with Crippen LogP contribution in [-0.4, -0.2) is 50.3 Å². The Morgan fingerprint density at radius 1 is 1.63 bits per heavy atom. The Bertz CT molecular complexity index is 467. The Kier molecular flexibility index (Phi) is 4.63. The highest BCUT2D eigenvalue weighted by atomic mass is 35.5. The Hall–Kier alpha value is -1.30. The van der Waals surface area contributed by atoms with Crippen LogP contribution < -0.4 is 5.73 Å². The van der Waals surface area contributed by atoms with Gasteiger partial charge in [-0.15, -0.1) is 0 Å². The number of likely N-dealkylation sites (N-methyl/N-ethyl adjacent to an activating group) is 1. The molecule has 1 aromatic rings. The number of halogens is 1. The second kappa shape index (κ2) is 6.23. The lowest BCUT2D eigenvalue weighted by Gasteiger charge is -2.29. The van der Waals surface area contributed by atoms with Gasteiger partial charge in [0.1, 0.15) is 12.7 Å². The zero-order valence-electron chi connectivity index (χ0n) is 10.8. The van der Waals surface area contributed by atoms with Gasteiger partial charge in [0.25, 0.3) is 0 Å². The Labute approximate surface area is 117 Å². The van der Waals surface area contributed by atoms with Crippen molar-refractivity contribution in [3.63, 3.8) is 0 Å². The molecular formula is C13H17ClN2O3. The van der Waals surface area contributed by atoms with Crippen LogP contribution in [0.5, 0.6) is 0 Å². The molecule has 1 fully saturated rings. The summed E-state index contributed by atoms with van der Waals surface area (Å²) in [6, 6.07) is 4.73. The van der Waals surface area contributed by atoms with Crippen molar-refractivity contribution in [2.24, 2.45) is 0 Å². The number of nitrogens with two attached hydrogens (primary N) is 1. The molecule has 1 unspecified atom stereocenters. The van der Waals surface area contributed by atoms with Crippen molar-refractivity contribution in [3.05, 3.63) is 28.8 Å². The van der Waals surface area contributed by atoms with Gasteiger partial charge >= 0.3 is 5.97 Å². The molecule has 104 valence electrons. The number of carbonyl (C=O) groups is 1. The van der Waals surface area contributed by atoms with Gasteiger partial charge in [-0.05, 0) is 25.2 Å². The maximum absolute atomic E-state index is 11.9. The summed E-state index contributed by atoms with van der Waals surface area (Å²) in [5.74, 6) is -0.475. The highest BCUT2D eigenvalue weighted by Gasteiger charge is 2.20. The molecule has 1 aliphatic rings. The lowest BCUT2D eigenvalue weighted by molar-refractivity contribution is -0.0528. The lowest BCUT2D eigenvalue weighted by atomic mass is 10.2. The highest BCUT2D eigenvalue weighted by Crippen LogP contribution is 2.19. The van der Waals surface area contributed by atoms with Crippen LogP contribution in [0.15, 0.2) is 18.2 Å². The molecule has 0 saturated carbocycles. The summed E-state index contributed by atoms with van der Waals surface area (Å²) < 4.78 is 10.7. The number of nitrogen functional groups attached to an aromatic ring is 1. The number of hydrogen-bond acceptors (Lipinski definition) is 5. The fourth-order valence-corrected chi connectivity index (χ4v) is 2.09. The van der Waals surface area contributed by atoms with E-state index in [0.717, 1.165) is 13.1 Å². The maximum Gasteiger partial charge on any atom is 0.340 e.